The maximum absolute atomic E-state index is 4.42. The minimum absolute atomic E-state index is 0. The lowest BCUT2D eigenvalue weighted by Gasteiger charge is -2.34. The molecule has 30 heavy (non-hydrogen) atoms. The van der Waals surface area contributed by atoms with Crippen LogP contribution in [0.3, 0.4) is 0 Å². The molecule has 0 spiro atoms. The van der Waals surface area contributed by atoms with Crippen molar-refractivity contribution in [1.82, 2.24) is 29.5 Å². The molecule has 0 saturated carbocycles. The van der Waals surface area contributed by atoms with Gasteiger partial charge in [0, 0.05) is 57.2 Å². The Hall–Kier alpha value is -2.25. The molecule has 1 aliphatic heterocycles. The van der Waals surface area contributed by atoms with Crippen LogP contribution < -0.4 is 0 Å². The summed E-state index contributed by atoms with van der Waals surface area (Å²) in [5, 5.41) is 4.42. The molecule has 8 heteroatoms. The van der Waals surface area contributed by atoms with Crippen molar-refractivity contribution in [3.8, 4) is 5.95 Å². The SMILES string of the molecule is Cc1c(C=CCN2CCN(Cc3ccccc3)CC2)cnn1-c1ncccn1.Cl.Cl. The summed E-state index contributed by atoms with van der Waals surface area (Å²) in [6, 6.07) is 12.5. The molecule has 3 aromatic rings. The van der Waals surface area contributed by atoms with Crippen molar-refractivity contribution in [2.24, 2.45) is 0 Å². The molecule has 0 radical (unpaired) electrons. The molecule has 0 atom stereocenters. The van der Waals surface area contributed by atoms with Crippen LogP contribution in [0.4, 0.5) is 0 Å². The molecule has 160 valence electrons. The first kappa shape index (κ1) is 24.0. The number of hydrogen-bond donors (Lipinski definition) is 0. The lowest BCUT2D eigenvalue weighted by molar-refractivity contribution is 0.137. The molecule has 2 aromatic heterocycles. The molecule has 0 N–H and O–H groups in total. The van der Waals surface area contributed by atoms with E-state index in [1.807, 2.05) is 19.2 Å². The average Bonchev–Trinajstić information content (AvgIpc) is 3.11. The van der Waals surface area contributed by atoms with Gasteiger partial charge in [0.05, 0.1) is 11.9 Å². The minimum atomic E-state index is 0. The first-order valence-corrected chi connectivity index (χ1v) is 9.77. The predicted octanol–water partition coefficient (Wildman–Crippen LogP) is 3.65. The van der Waals surface area contributed by atoms with E-state index in [2.05, 4.69) is 67.4 Å². The van der Waals surface area contributed by atoms with Crippen LogP contribution >= 0.6 is 24.8 Å². The Morgan fingerprint density at radius 2 is 1.57 bits per heavy atom. The number of piperazine rings is 1. The molecule has 3 heterocycles. The van der Waals surface area contributed by atoms with Gasteiger partial charge < -0.3 is 0 Å². The molecule has 4 rings (SSSR count). The van der Waals surface area contributed by atoms with Crippen LogP contribution in [0.5, 0.6) is 0 Å². The van der Waals surface area contributed by atoms with E-state index in [1.165, 1.54) is 5.56 Å². The van der Waals surface area contributed by atoms with E-state index < -0.39 is 0 Å². The molecular weight excluding hydrogens is 419 g/mol. The predicted molar refractivity (Wildman–Crippen MR) is 126 cm³/mol. The Balaban J connectivity index is 0.00000160. The standard InChI is InChI=1S/C22H26N6.2ClH/c1-19-21(17-25-28(19)22-23-10-6-11-24-22)9-5-12-26-13-15-27(16-14-26)18-20-7-3-2-4-8-20;;/h2-11,17H,12-16,18H2,1H3;2*1H. The summed E-state index contributed by atoms with van der Waals surface area (Å²) in [4.78, 5) is 13.6. The van der Waals surface area contributed by atoms with Crippen molar-refractivity contribution in [1.29, 1.82) is 0 Å². The van der Waals surface area contributed by atoms with Crippen molar-refractivity contribution >= 4 is 30.9 Å². The summed E-state index contributed by atoms with van der Waals surface area (Å²) >= 11 is 0. The summed E-state index contributed by atoms with van der Waals surface area (Å²) in [6.45, 7) is 8.50. The van der Waals surface area contributed by atoms with Gasteiger partial charge in [-0.2, -0.15) is 5.10 Å². The van der Waals surface area contributed by atoms with Gasteiger partial charge in [0.2, 0.25) is 0 Å². The highest BCUT2D eigenvalue weighted by Gasteiger charge is 2.16. The van der Waals surface area contributed by atoms with Crippen molar-refractivity contribution in [2.45, 2.75) is 13.5 Å². The van der Waals surface area contributed by atoms with E-state index in [4.69, 9.17) is 0 Å². The first-order chi connectivity index (χ1) is 13.8. The second-order valence-electron chi connectivity index (χ2n) is 7.11. The number of hydrogen-bond acceptors (Lipinski definition) is 5. The Morgan fingerprint density at radius 1 is 0.900 bits per heavy atom. The Bertz CT molecular complexity index is 906. The quantitative estimate of drug-likeness (QED) is 0.578. The van der Waals surface area contributed by atoms with Crippen LogP contribution in [-0.4, -0.2) is 62.3 Å². The normalized spacial score (nSPS) is 15.0. The van der Waals surface area contributed by atoms with E-state index in [0.717, 1.165) is 50.5 Å². The van der Waals surface area contributed by atoms with Gasteiger partial charge in [0.25, 0.3) is 5.95 Å². The number of rotatable bonds is 6. The zero-order chi connectivity index (χ0) is 19.2. The Labute approximate surface area is 190 Å². The van der Waals surface area contributed by atoms with Gasteiger partial charge in [-0.05, 0) is 18.6 Å². The van der Waals surface area contributed by atoms with E-state index >= 15 is 0 Å². The highest BCUT2D eigenvalue weighted by atomic mass is 35.5. The van der Waals surface area contributed by atoms with E-state index in [1.54, 1.807) is 17.1 Å². The second kappa shape index (κ2) is 11.8. The highest BCUT2D eigenvalue weighted by Crippen LogP contribution is 2.13. The lowest BCUT2D eigenvalue weighted by Crippen LogP contribution is -2.45. The molecular formula is C22H28Cl2N6. The summed E-state index contributed by atoms with van der Waals surface area (Å²) in [6.07, 6.45) is 9.72. The summed E-state index contributed by atoms with van der Waals surface area (Å²) in [7, 11) is 0. The molecule has 1 aromatic carbocycles. The molecule has 1 saturated heterocycles. The van der Waals surface area contributed by atoms with Crippen LogP contribution in [0.25, 0.3) is 12.0 Å². The summed E-state index contributed by atoms with van der Waals surface area (Å²) in [5.41, 5.74) is 3.55. The van der Waals surface area contributed by atoms with Crippen LogP contribution in [0.1, 0.15) is 16.8 Å². The zero-order valence-electron chi connectivity index (χ0n) is 17.1. The van der Waals surface area contributed by atoms with Gasteiger partial charge in [-0.1, -0.05) is 42.5 Å². The van der Waals surface area contributed by atoms with Crippen LogP contribution in [0, 0.1) is 6.92 Å². The maximum atomic E-state index is 4.42. The van der Waals surface area contributed by atoms with Gasteiger partial charge in [0.1, 0.15) is 0 Å². The Morgan fingerprint density at radius 3 is 2.27 bits per heavy atom. The van der Waals surface area contributed by atoms with Gasteiger partial charge in [-0.3, -0.25) is 9.80 Å². The molecule has 1 aliphatic rings. The van der Waals surface area contributed by atoms with Crippen LogP contribution in [0.2, 0.25) is 0 Å². The number of aromatic nitrogens is 4. The van der Waals surface area contributed by atoms with Crippen molar-refractivity contribution in [3.63, 3.8) is 0 Å². The monoisotopic (exact) mass is 446 g/mol. The van der Waals surface area contributed by atoms with Crippen LogP contribution in [0.15, 0.2) is 61.1 Å². The van der Waals surface area contributed by atoms with E-state index in [0.29, 0.717) is 5.95 Å². The minimum Gasteiger partial charge on any atom is -0.297 e. The Kier molecular flexibility index (Phi) is 9.46. The third kappa shape index (κ3) is 6.12. The van der Waals surface area contributed by atoms with Crippen molar-refractivity contribution < 1.29 is 0 Å². The molecule has 1 fully saturated rings. The average molecular weight is 447 g/mol. The molecule has 0 bridgehead atoms. The van der Waals surface area contributed by atoms with E-state index in [-0.39, 0.29) is 24.8 Å². The van der Waals surface area contributed by atoms with Crippen LogP contribution in [-0.2, 0) is 6.54 Å². The van der Waals surface area contributed by atoms with Crippen molar-refractivity contribution in [3.05, 3.63) is 77.9 Å². The maximum Gasteiger partial charge on any atom is 0.250 e. The topological polar surface area (TPSA) is 50.1 Å². The largest absolute Gasteiger partial charge is 0.297 e. The number of nitrogens with zero attached hydrogens (tertiary/aromatic N) is 6. The fourth-order valence-corrected chi connectivity index (χ4v) is 3.49. The number of halogens is 2. The summed E-state index contributed by atoms with van der Waals surface area (Å²) < 4.78 is 1.78. The first-order valence-electron chi connectivity index (χ1n) is 9.77. The van der Waals surface area contributed by atoms with Gasteiger partial charge in [-0.25, -0.2) is 14.6 Å². The van der Waals surface area contributed by atoms with Gasteiger partial charge in [-0.15, -0.1) is 24.8 Å². The smallest absolute Gasteiger partial charge is 0.250 e. The molecule has 0 amide bonds. The second-order valence-corrected chi connectivity index (χ2v) is 7.11. The third-order valence-electron chi connectivity index (χ3n) is 5.16. The zero-order valence-corrected chi connectivity index (χ0v) is 18.7. The van der Waals surface area contributed by atoms with E-state index in [9.17, 15) is 0 Å². The fraction of sp³-hybridized carbons (Fsp3) is 0.318. The number of benzene rings is 1. The molecule has 0 aliphatic carbocycles. The van der Waals surface area contributed by atoms with Crippen molar-refractivity contribution in [2.75, 3.05) is 32.7 Å². The van der Waals surface area contributed by atoms with Gasteiger partial charge >= 0.3 is 0 Å². The van der Waals surface area contributed by atoms with Gasteiger partial charge in [0.15, 0.2) is 0 Å². The summed E-state index contributed by atoms with van der Waals surface area (Å²) in [5.74, 6) is 0.606. The molecule has 0 unspecified atom stereocenters. The highest BCUT2D eigenvalue weighted by molar-refractivity contribution is 5.85. The lowest BCUT2D eigenvalue weighted by atomic mass is 10.2. The fourth-order valence-electron chi connectivity index (χ4n) is 3.49. The molecule has 6 nitrogen and oxygen atoms in total. The third-order valence-corrected chi connectivity index (χ3v) is 5.16.